The van der Waals surface area contributed by atoms with Crippen LogP contribution in [0.4, 0.5) is 0 Å². The predicted octanol–water partition coefficient (Wildman–Crippen LogP) is 3.61. The summed E-state index contributed by atoms with van der Waals surface area (Å²) in [6.07, 6.45) is -0.291. The van der Waals surface area contributed by atoms with E-state index < -0.39 is 17.9 Å². The van der Waals surface area contributed by atoms with Crippen molar-refractivity contribution in [1.29, 1.82) is 0 Å². The summed E-state index contributed by atoms with van der Waals surface area (Å²) in [5, 5.41) is 12.6. The number of hydrogen-bond donors (Lipinski definition) is 2. The molecule has 2 N–H and O–H groups in total. The Morgan fingerprint density at radius 1 is 1.15 bits per heavy atom. The first kappa shape index (κ1) is 19.6. The third kappa shape index (κ3) is 4.67. The fourth-order valence-corrected chi connectivity index (χ4v) is 2.66. The van der Waals surface area contributed by atoms with Crippen LogP contribution in [0.25, 0.3) is 0 Å². The fourth-order valence-electron chi connectivity index (χ4n) is 2.55. The Kier molecular flexibility index (Phi) is 6.46. The van der Waals surface area contributed by atoms with E-state index in [0.717, 1.165) is 5.56 Å². The van der Waals surface area contributed by atoms with Crippen LogP contribution in [0.3, 0.4) is 0 Å². The van der Waals surface area contributed by atoms with Gasteiger partial charge in [-0.1, -0.05) is 11.6 Å². The van der Waals surface area contributed by atoms with Gasteiger partial charge in [-0.3, -0.25) is 9.59 Å². The molecule has 1 unspecified atom stereocenters. The molecule has 0 bridgehead atoms. The highest BCUT2D eigenvalue weighted by molar-refractivity contribution is 6.31. The molecule has 0 saturated heterocycles. The van der Waals surface area contributed by atoms with E-state index in [1.54, 1.807) is 43.3 Å². The lowest BCUT2D eigenvalue weighted by atomic mass is 10.0. The monoisotopic (exact) mass is 377 g/mol. The summed E-state index contributed by atoms with van der Waals surface area (Å²) in [5.41, 5.74) is 1.71. The van der Waals surface area contributed by atoms with Crippen LogP contribution in [-0.4, -0.2) is 31.2 Å². The first-order chi connectivity index (χ1) is 12.3. The molecule has 0 aromatic heterocycles. The number of carbonyl (C=O) groups is 2. The van der Waals surface area contributed by atoms with Gasteiger partial charge in [0.15, 0.2) is 0 Å². The Morgan fingerprint density at radius 2 is 1.88 bits per heavy atom. The molecule has 0 spiro atoms. The van der Waals surface area contributed by atoms with Gasteiger partial charge in [0.05, 0.1) is 26.7 Å². The molecular formula is C19H20ClNO5. The number of halogens is 1. The van der Waals surface area contributed by atoms with Gasteiger partial charge in [0.1, 0.15) is 11.5 Å². The molecular weight excluding hydrogens is 358 g/mol. The zero-order valence-corrected chi connectivity index (χ0v) is 15.5. The molecule has 0 aliphatic rings. The Hall–Kier alpha value is -2.73. The summed E-state index contributed by atoms with van der Waals surface area (Å²) >= 11 is 5.99. The normalized spacial score (nSPS) is 11.5. The van der Waals surface area contributed by atoms with Crippen molar-refractivity contribution in [2.75, 3.05) is 14.2 Å². The maximum atomic E-state index is 12.6. The van der Waals surface area contributed by atoms with Crippen LogP contribution in [0.15, 0.2) is 36.4 Å². The molecule has 2 rings (SSSR count). The number of benzene rings is 2. The molecule has 26 heavy (non-hydrogen) atoms. The Bertz CT molecular complexity index is 822. The highest BCUT2D eigenvalue weighted by Crippen LogP contribution is 2.31. The van der Waals surface area contributed by atoms with Crippen molar-refractivity contribution < 1.29 is 24.2 Å². The predicted molar refractivity (Wildman–Crippen MR) is 98.2 cm³/mol. The van der Waals surface area contributed by atoms with Gasteiger partial charge >= 0.3 is 5.97 Å². The van der Waals surface area contributed by atoms with Crippen molar-refractivity contribution in [3.8, 4) is 11.5 Å². The van der Waals surface area contributed by atoms with Crippen LogP contribution in [-0.2, 0) is 4.79 Å². The van der Waals surface area contributed by atoms with E-state index in [-0.39, 0.29) is 6.42 Å². The summed E-state index contributed by atoms with van der Waals surface area (Å²) in [7, 11) is 2.99. The Balaban J connectivity index is 2.34. The van der Waals surface area contributed by atoms with Crippen LogP contribution >= 0.6 is 11.6 Å². The van der Waals surface area contributed by atoms with Crippen molar-refractivity contribution in [1.82, 2.24) is 5.32 Å². The third-order valence-electron chi connectivity index (χ3n) is 3.92. The molecule has 2 aromatic rings. The summed E-state index contributed by atoms with van der Waals surface area (Å²) in [4.78, 5) is 23.9. The molecule has 0 fully saturated rings. The van der Waals surface area contributed by atoms with Crippen molar-refractivity contribution in [2.45, 2.75) is 19.4 Å². The van der Waals surface area contributed by atoms with E-state index in [0.29, 0.717) is 27.6 Å². The zero-order chi connectivity index (χ0) is 19.3. The van der Waals surface area contributed by atoms with Gasteiger partial charge in [-0.15, -0.1) is 0 Å². The lowest BCUT2D eigenvalue weighted by molar-refractivity contribution is -0.137. The van der Waals surface area contributed by atoms with Crippen molar-refractivity contribution in [2.24, 2.45) is 0 Å². The number of amides is 1. The van der Waals surface area contributed by atoms with Gasteiger partial charge in [-0.2, -0.15) is 0 Å². The molecule has 0 saturated carbocycles. The third-order valence-corrected chi connectivity index (χ3v) is 4.34. The maximum Gasteiger partial charge on any atom is 0.305 e. The minimum Gasteiger partial charge on any atom is -0.497 e. The molecule has 0 radical (unpaired) electrons. The van der Waals surface area contributed by atoms with Gasteiger partial charge in [0, 0.05) is 22.2 Å². The highest BCUT2D eigenvalue weighted by Gasteiger charge is 2.23. The topological polar surface area (TPSA) is 84.9 Å². The second kappa shape index (κ2) is 8.58. The summed E-state index contributed by atoms with van der Waals surface area (Å²) in [5.74, 6) is -0.433. The molecule has 7 heteroatoms. The van der Waals surface area contributed by atoms with E-state index in [1.807, 2.05) is 0 Å². The van der Waals surface area contributed by atoms with Gasteiger partial charge in [0.25, 0.3) is 5.91 Å². The zero-order valence-electron chi connectivity index (χ0n) is 14.7. The van der Waals surface area contributed by atoms with E-state index in [9.17, 15) is 14.7 Å². The minimum atomic E-state index is -1.04. The number of hydrogen-bond acceptors (Lipinski definition) is 4. The number of carboxylic acids is 1. The summed E-state index contributed by atoms with van der Waals surface area (Å²) in [6, 6.07) is 9.12. The number of nitrogens with one attached hydrogen (secondary N) is 1. The summed E-state index contributed by atoms with van der Waals surface area (Å²) in [6.45, 7) is 1.79. The van der Waals surface area contributed by atoms with Gasteiger partial charge < -0.3 is 19.9 Å². The van der Waals surface area contributed by atoms with Gasteiger partial charge in [-0.05, 0) is 42.8 Å². The van der Waals surface area contributed by atoms with E-state index in [4.69, 9.17) is 21.1 Å². The second-order valence-corrected chi connectivity index (χ2v) is 6.10. The standard InChI is InChI=1S/C19H20ClNO5/c1-11-8-12(4-7-15(11)20)19(24)21-16(10-18(22)23)14-6-5-13(25-2)9-17(14)26-3/h4-9,16H,10H2,1-3H3,(H,21,24)(H,22,23). The van der Waals surface area contributed by atoms with Crippen molar-refractivity contribution >= 4 is 23.5 Å². The Morgan fingerprint density at radius 3 is 2.46 bits per heavy atom. The van der Waals surface area contributed by atoms with Crippen LogP contribution < -0.4 is 14.8 Å². The molecule has 2 aromatic carbocycles. The minimum absolute atomic E-state index is 0.291. The summed E-state index contributed by atoms with van der Waals surface area (Å²) < 4.78 is 10.5. The molecule has 0 heterocycles. The lowest BCUT2D eigenvalue weighted by Gasteiger charge is -2.20. The van der Waals surface area contributed by atoms with Crippen molar-refractivity contribution in [3.63, 3.8) is 0 Å². The first-order valence-electron chi connectivity index (χ1n) is 7.86. The van der Waals surface area contributed by atoms with Crippen LogP contribution in [0, 0.1) is 6.92 Å². The van der Waals surface area contributed by atoms with E-state index >= 15 is 0 Å². The molecule has 6 nitrogen and oxygen atoms in total. The molecule has 0 aliphatic heterocycles. The van der Waals surface area contributed by atoms with Crippen LogP contribution in [0.1, 0.15) is 33.9 Å². The molecule has 138 valence electrons. The van der Waals surface area contributed by atoms with Gasteiger partial charge in [-0.25, -0.2) is 0 Å². The molecule has 0 aliphatic carbocycles. The Labute approximate surface area is 156 Å². The highest BCUT2D eigenvalue weighted by atomic mass is 35.5. The number of aliphatic carboxylic acids is 1. The average Bonchev–Trinajstić information content (AvgIpc) is 2.62. The number of methoxy groups -OCH3 is 2. The number of ether oxygens (including phenoxy) is 2. The van der Waals surface area contributed by atoms with E-state index in [2.05, 4.69) is 5.32 Å². The SMILES string of the molecule is COc1ccc(C(CC(=O)O)NC(=O)c2ccc(Cl)c(C)c2)c(OC)c1. The molecule has 1 amide bonds. The van der Waals surface area contributed by atoms with Gasteiger partial charge in [0.2, 0.25) is 0 Å². The average molecular weight is 378 g/mol. The number of aryl methyl sites for hydroxylation is 1. The lowest BCUT2D eigenvalue weighted by Crippen LogP contribution is -2.30. The number of carboxylic acid groups (broad SMARTS) is 1. The fraction of sp³-hybridized carbons (Fsp3) is 0.263. The quantitative estimate of drug-likeness (QED) is 0.769. The number of carbonyl (C=O) groups excluding carboxylic acids is 1. The van der Waals surface area contributed by atoms with Crippen molar-refractivity contribution in [3.05, 3.63) is 58.1 Å². The van der Waals surface area contributed by atoms with E-state index in [1.165, 1.54) is 14.2 Å². The number of rotatable bonds is 7. The smallest absolute Gasteiger partial charge is 0.305 e. The maximum absolute atomic E-state index is 12.6. The van der Waals surface area contributed by atoms with Crippen LogP contribution in [0.5, 0.6) is 11.5 Å². The molecule has 1 atom stereocenters. The second-order valence-electron chi connectivity index (χ2n) is 5.70. The van der Waals surface area contributed by atoms with Crippen LogP contribution in [0.2, 0.25) is 5.02 Å². The first-order valence-corrected chi connectivity index (χ1v) is 8.24. The largest absolute Gasteiger partial charge is 0.497 e.